The average Bonchev–Trinajstić information content (AvgIpc) is 2.81. The fourth-order valence-electron chi connectivity index (χ4n) is 4.58. The van der Waals surface area contributed by atoms with Crippen LogP contribution in [0.15, 0.2) is 60.9 Å². The maximum Gasteiger partial charge on any atom is 0.416 e. The van der Waals surface area contributed by atoms with Gasteiger partial charge in [0.1, 0.15) is 5.75 Å². The standard InChI is InChI=1S/C27H25F3NO3.ClH/c1-17(32)24-16-31(15-21-5-3-4-6-25(21)27(28,29)30)12-11-19(24)13-20-8-7-18-14-22(34-2)9-10-23(18)26(20)33;/h3-6,9-12,14,16,20H,7-8,13,15H2,1-2H3;1H/q+1;/p-1. The number of rotatable bonds is 6. The molecule has 0 fully saturated rings. The van der Waals surface area contributed by atoms with Crippen LogP contribution in [0.2, 0.25) is 0 Å². The molecule has 4 rings (SSSR count). The fourth-order valence-corrected chi connectivity index (χ4v) is 4.58. The van der Waals surface area contributed by atoms with Crippen LogP contribution in [0.4, 0.5) is 13.2 Å². The lowest BCUT2D eigenvalue weighted by Crippen LogP contribution is -3.00. The Labute approximate surface area is 208 Å². The van der Waals surface area contributed by atoms with Crippen LogP contribution in [0.5, 0.6) is 5.75 Å². The molecular formula is C27H25ClF3NO3. The van der Waals surface area contributed by atoms with Gasteiger partial charge in [-0.05, 0) is 61.6 Å². The number of pyridine rings is 1. The number of benzene rings is 2. The van der Waals surface area contributed by atoms with Gasteiger partial charge in [0.05, 0.1) is 18.2 Å². The van der Waals surface area contributed by atoms with Gasteiger partial charge < -0.3 is 17.1 Å². The van der Waals surface area contributed by atoms with Crippen molar-refractivity contribution in [3.8, 4) is 5.75 Å². The van der Waals surface area contributed by atoms with Crippen LogP contribution < -0.4 is 21.7 Å². The zero-order valence-electron chi connectivity index (χ0n) is 19.4. The Morgan fingerprint density at radius 1 is 1.11 bits per heavy atom. The van der Waals surface area contributed by atoms with Crippen molar-refractivity contribution in [3.05, 3.63) is 94.3 Å². The van der Waals surface area contributed by atoms with Gasteiger partial charge in [-0.1, -0.05) is 18.2 Å². The van der Waals surface area contributed by atoms with Gasteiger partial charge in [-0.3, -0.25) is 9.59 Å². The van der Waals surface area contributed by atoms with E-state index in [9.17, 15) is 22.8 Å². The van der Waals surface area contributed by atoms with E-state index in [2.05, 4.69) is 0 Å². The van der Waals surface area contributed by atoms with E-state index >= 15 is 0 Å². The van der Waals surface area contributed by atoms with Crippen molar-refractivity contribution in [3.63, 3.8) is 0 Å². The van der Waals surface area contributed by atoms with Gasteiger partial charge in [0.25, 0.3) is 0 Å². The number of methoxy groups -OCH3 is 1. The van der Waals surface area contributed by atoms with Crippen LogP contribution in [0.1, 0.15) is 56.3 Å². The summed E-state index contributed by atoms with van der Waals surface area (Å²) in [6, 6.07) is 12.6. The van der Waals surface area contributed by atoms with Crippen LogP contribution in [-0.4, -0.2) is 18.7 Å². The number of hydrogen-bond acceptors (Lipinski definition) is 3. The molecule has 1 aromatic heterocycles. The first-order valence-corrected chi connectivity index (χ1v) is 11.1. The van der Waals surface area contributed by atoms with Crippen LogP contribution >= 0.6 is 0 Å². The minimum absolute atomic E-state index is 0. The molecule has 0 amide bonds. The minimum Gasteiger partial charge on any atom is -1.00 e. The molecule has 4 nitrogen and oxygen atoms in total. The molecule has 2 aromatic carbocycles. The second-order valence-electron chi connectivity index (χ2n) is 8.59. The topological polar surface area (TPSA) is 47.2 Å². The van der Waals surface area contributed by atoms with Crippen LogP contribution in [0.25, 0.3) is 0 Å². The van der Waals surface area contributed by atoms with Crippen molar-refractivity contribution in [2.75, 3.05) is 7.11 Å². The fraction of sp³-hybridized carbons (Fsp3) is 0.296. The largest absolute Gasteiger partial charge is 1.00 e. The molecule has 0 saturated carbocycles. The first kappa shape index (κ1) is 26.4. The maximum atomic E-state index is 13.4. The van der Waals surface area contributed by atoms with Crippen molar-refractivity contribution in [2.24, 2.45) is 5.92 Å². The summed E-state index contributed by atoms with van der Waals surface area (Å²) < 4.78 is 46.9. The number of fused-ring (bicyclic) bond motifs is 1. The highest BCUT2D eigenvalue weighted by Crippen LogP contribution is 2.32. The predicted octanol–water partition coefficient (Wildman–Crippen LogP) is 2.24. The zero-order chi connectivity index (χ0) is 24.5. The van der Waals surface area contributed by atoms with Gasteiger partial charge in [0.2, 0.25) is 0 Å². The quantitative estimate of drug-likeness (QED) is 0.383. The number of aromatic nitrogens is 1. The smallest absolute Gasteiger partial charge is 0.416 e. The number of nitrogens with zero attached hydrogens (tertiary/aromatic N) is 1. The Hall–Kier alpha value is -3.19. The average molecular weight is 504 g/mol. The van der Waals surface area contributed by atoms with E-state index in [1.54, 1.807) is 48.3 Å². The minimum atomic E-state index is -4.46. The lowest BCUT2D eigenvalue weighted by molar-refractivity contribution is -0.688. The molecule has 3 aromatic rings. The highest BCUT2D eigenvalue weighted by molar-refractivity contribution is 6.01. The van der Waals surface area contributed by atoms with E-state index in [0.717, 1.165) is 23.6 Å². The van der Waals surface area contributed by atoms with Crippen molar-refractivity contribution in [1.82, 2.24) is 0 Å². The Balaban J connectivity index is 0.00000342. The van der Waals surface area contributed by atoms with Crippen molar-refractivity contribution in [1.29, 1.82) is 0 Å². The molecule has 0 spiro atoms. The van der Waals surface area contributed by atoms with Gasteiger partial charge in [-0.15, -0.1) is 0 Å². The van der Waals surface area contributed by atoms with E-state index in [4.69, 9.17) is 4.74 Å². The summed E-state index contributed by atoms with van der Waals surface area (Å²) in [6.07, 6.45) is 0.586. The number of aryl methyl sites for hydroxylation is 1. The summed E-state index contributed by atoms with van der Waals surface area (Å²) in [6.45, 7) is 1.41. The van der Waals surface area contributed by atoms with Crippen molar-refractivity contribution >= 4 is 11.6 Å². The third-order valence-corrected chi connectivity index (χ3v) is 6.34. The number of carbonyl (C=O) groups is 2. The Kier molecular flexibility index (Phi) is 8.00. The number of halogens is 4. The molecule has 1 heterocycles. The van der Waals surface area contributed by atoms with E-state index < -0.39 is 11.7 Å². The molecule has 1 atom stereocenters. The number of ketones is 2. The number of ether oxygens (including phenoxy) is 1. The molecule has 8 heteroatoms. The van der Waals surface area contributed by atoms with Crippen molar-refractivity contribution in [2.45, 2.75) is 38.9 Å². The summed E-state index contributed by atoms with van der Waals surface area (Å²) in [5.41, 5.74) is 2.21. The molecular weight excluding hydrogens is 479 g/mol. The summed E-state index contributed by atoms with van der Waals surface area (Å²) >= 11 is 0. The third kappa shape index (κ3) is 5.73. The Bertz CT molecular complexity index is 1260. The first-order valence-electron chi connectivity index (χ1n) is 11.1. The molecule has 0 N–H and O–H groups in total. The summed E-state index contributed by atoms with van der Waals surface area (Å²) in [5.74, 6) is 0.292. The van der Waals surface area contributed by atoms with E-state index in [0.29, 0.717) is 29.7 Å². The molecule has 0 bridgehead atoms. The van der Waals surface area contributed by atoms with Gasteiger partial charge >= 0.3 is 6.18 Å². The monoisotopic (exact) mass is 503 g/mol. The highest BCUT2D eigenvalue weighted by atomic mass is 35.5. The van der Waals surface area contributed by atoms with Crippen LogP contribution in [-0.2, 0) is 25.6 Å². The van der Waals surface area contributed by atoms with E-state index in [1.165, 1.54) is 19.1 Å². The SMILES string of the molecule is COc1ccc2c(c1)CCC(Cc1cc[n+](Cc3ccccc3C(F)(F)F)cc1C(C)=O)C2=O.[Cl-]. The van der Waals surface area contributed by atoms with Gasteiger partial charge in [-0.25, -0.2) is 4.57 Å². The first-order chi connectivity index (χ1) is 16.2. The number of alkyl halides is 3. The predicted molar refractivity (Wildman–Crippen MR) is 120 cm³/mol. The summed E-state index contributed by atoms with van der Waals surface area (Å²) in [4.78, 5) is 25.5. The molecule has 1 aliphatic rings. The van der Waals surface area contributed by atoms with Gasteiger partial charge in [-0.2, -0.15) is 13.2 Å². The lowest BCUT2D eigenvalue weighted by atomic mass is 9.79. The molecule has 0 radical (unpaired) electrons. The second-order valence-corrected chi connectivity index (χ2v) is 8.59. The van der Waals surface area contributed by atoms with Crippen molar-refractivity contribution < 1.29 is 44.5 Å². The third-order valence-electron chi connectivity index (χ3n) is 6.34. The van der Waals surface area contributed by atoms with Gasteiger partial charge in [0, 0.05) is 23.1 Å². The van der Waals surface area contributed by atoms with Crippen LogP contribution in [0.3, 0.4) is 0 Å². The Morgan fingerprint density at radius 3 is 2.54 bits per heavy atom. The zero-order valence-corrected chi connectivity index (χ0v) is 20.1. The summed E-state index contributed by atoms with van der Waals surface area (Å²) in [5, 5.41) is 0. The number of Topliss-reactive ketones (excluding diaryl/α,β-unsaturated/α-hetero) is 2. The highest BCUT2D eigenvalue weighted by Gasteiger charge is 2.34. The van der Waals surface area contributed by atoms with Gasteiger partial charge in [0.15, 0.2) is 30.5 Å². The van der Waals surface area contributed by atoms with E-state index in [1.807, 2.05) is 6.07 Å². The number of carbonyl (C=O) groups excluding carboxylic acids is 2. The number of hydrogen-bond donors (Lipinski definition) is 0. The normalized spacial score (nSPS) is 15.2. The molecule has 1 unspecified atom stereocenters. The maximum absolute atomic E-state index is 13.4. The molecule has 184 valence electrons. The second kappa shape index (κ2) is 10.6. The molecule has 0 saturated heterocycles. The summed E-state index contributed by atoms with van der Waals surface area (Å²) in [7, 11) is 1.59. The van der Waals surface area contributed by atoms with Crippen LogP contribution in [0, 0.1) is 5.92 Å². The Morgan fingerprint density at radius 2 is 1.86 bits per heavy atom. The van der Waals surface area contributed by atoms with E-state index in [-0.39, 0.29) is 42.0 Å². The molecule has 0 aliphatic heterocycles. The molecule has 1 aliphatic carbocycles. The lowest BCUT2D eigenvalue weighted by Gasteiger charge is -2.24. The molecule has 35 heavy (non-hydrogen) atoms.